The maximum atomic E-state index is 13.7. The van der Waals surface area contributed by atoms with Crippen LogP contribution in [-0.2, 0) is 0 Å². The summed E-state index contributed by atoms with van der Waals surface area (Å²) in [6.07, 6.45) is 1.57. The average Bonchev–Trinajstić information content (AvgIpc) is 2.69. The van der Waals surface area contributed by atoms with E-state index in [1.165, 1.54) is 12.1 Å². The summed E-state index contributed by atoms with van der Waals surface area (Å²) in [4.78, 5) is 30.4. The number of nitrogens with one attached hydrogen (secondary N) is 3. The Hall–Kier alpha value is -4.07. The molecule has 2 aromatic carbocycles. The first-order chi connectivity index (χ1) is 14.0. The van der Waals surface area contributed by atoms with E-state index >= 15 is 0 Å². The highest BCUT2D eigenvalue weighted by molar-refractivity contribution is 6.04. The minimum Gasteiger partial charge on any atom is -0.355 e. The van der Waals surface area contributed by atoms with Crippen LogP contribution in [0.1, 0.15) is 10.4 Å². The Morgan fingerprint density at radius 3 is 2.31 bits per heavy atom. The van der Waals surface area contributed by atoms with Crippen molar-refractivity contribution in [3.63, 3.8) is 0 Å². The minimum absolute atomic E-state index is 0.242. The van der Waals surface area contributed by atoms with Crippen LogP contribution in [0.25, 0.3) is 11.0 Å². The van der Waals surface area contributed by atoms with Crippen LogP contribution >= 0.6 is 0 Å². The number of hydrogen-bond donors (Lipinski definition) is 3. The quantitative estimate of drug-likeness (QED) is 0.486. The molecule has 0 fully saturated rings. The van der Waals surface area contributed by atoms with Crippen molar-refractivity contribution in [2.24, 2.45) is 0 Å². The van der Waals surface area contributed by atoms with E-state index < -0.39 is 23.1 Å². The number of carbonyl (C=O) groups excluding carboxylic acids is 1. The van der Waals surface area contributed by atoms with E-state index in [2.05, 4.69) is 20.6 Å². The van der Waals surface area contributed by atoms with Crippen LogP contribution < -0.4 is 16.2 Å². The number of H-pyrrole nitrogens is 1. The molecule has 6 nitrogen and oxygen atoms in total. The molecule has 2 aromatic heterocycles. The molecule has 0 atom stereocenters. The highest BCUT2D eigenvalue weighted by Crippen LogP contribution is 2.24. The zero-order valence-electron chi connectivity index (χ0n) is 14.9. The van der Waals surface area contributed by atoms with Crippen LogP contribution in [0.4, 0.5) is 25.8 Å². The fourth-order valence-corrected chi connectivity index (χ4v) is 2.87. The molecular weight excluding hydrogens is 378 g/mol. The first kappa shape index (κ1) is 18.3. The van der Waals surface area contributed by atoms with Gasteiger partial charge in [-0.15, -0.1) is 0 Å². The fraction of sp³-hybridized carbons (Fsp3) is 0. The predicted molar refractivity (Wildman–Crippen MR) is 106 cm³/mol. The highest BCUT2D eigenvalue weighted by Gasteiger charge is 2.17. The summed E-state index contributed by atoms with van der Waals surface area (Å²) in [6.45, 7) is 0. The molecule has 0 bridgehead atoms. The monoisotopic (exact) mass is 392 g/mol. The van der Waals surface area contributed by atoms with Crippen molar-refractivity contribution in [2.75, 3.05) is 10.6 Å². The Balaban J connectivity index is 1.53. The molecular formula is C21H14F2N4O2. The van der Waals surface area contributed by atoms with Gasteiger partial charge in [0.15, 0.2) is 0 Å². The van der Waals surface area contributed by atoms with Crippen molar-refractivity contribution < 1.29 is 13.6 Å². The van der Waals surface area contributed by atoms with Gasteiger partial charge < -0.3 is 15.6 Å². The van der Waals surface area contributed by atoms with Crippen molar-refractivity contribution >= 4 is 34.0 Å². The third-order valence-electron chi connectivity index (χ3n) is 4.24. The van der Waals surface area contributed by atoms with E-state index in [0.717, 1.165) is 23.2 Å². The molecule has 4 rings (SSSR count). The fourth-order valence-electron chi connectivity index (χ4n) is 2.87. The van der Waals surface area contributed by atoms with Gasteiger partial charge in [0, 0.05) is 29.0 Å². The summed E-state index contributed by atoms with van der Waals surface area (Å²) in [5.74, 6) is -2.72. The lowest BCUT2D eigenvalue weighted by Crippen LogP contribution is -2.15. The lowest BCUT2D eigenvalue weighted by molar-refractivity contribution is 0.101. The van der Waals surface area contributed by atoms with Crippen LogP contribution in [-0.4, -0.2) is 15.9 Å². The molecule has 0 radical (unpaired) electrons. The molecule has 0 unspecified atom stereocenters. The number of pyridine rings is 2. The Bertz CT molecular complexity index is 1250. The molecule has 2 heterocycles. The first-order valence-electron chi connectivity index (χ1n) is 8.62. The zero-order valence-corrected chi connectivity index (χ0v) is 14.9. The molecule has 0 saturated heterocycles. The summed E-state index contributed by atoms with van der Waals surface area (Å²) in [6, 6.07) is 14.7. The SMILES string of the molecule is O=C(Nc1ccc(Nc2ccnc3[nH]c(=O)ccc23)cc1)c1c(F)cccc1F. The number of nitrogens with zero attached hydrogens (tertiary/aromatic N) is 1. The van der Waals surface area contributed by atoms with Gasteiger partial charge in [-0.3, -0.25) is 9.59 Å². The van der Waals surface area contributed by atoms with Gasteiger partial charge in [0.2, 0.25) is 5.56 Å². The van der Waals surface area contributed by atoms with Gasteiger partial charge in [0.25, 0.3) is 5.91 Å². The Labute approximate surface area is 163 Å². The predicted octanol–water partition coefficient (Wildman–Crippen LogP) is 4.20. The maximum absolute atomic E-state index is 13.7. The van der Waals surface area contributed by atoms with Gasteiger partial charge >= 0.3 is 0 Å². The molecule has 0 aliphatic carbocycles. The number of hydrogen-bond acceptors (Lipinski definition) is 4. The van der Waals surface area contributed by atoms with E-state index in [1.54, 1.807) is 42.6 Å². The molecule has 0 saturated carbocycles. The number of aromatic amines is 1. The largest absolute Gasteiger partial charge is 0.355 e. The van der Waals surface area contributed by atoms with Crippen molar-refractivity contribution in [3.05, 3.63) is 94.4 Å². The molecule has 8 heteroatoms. The first-order valence-corrected chi connectivity index (χ1v) is 8.62. The summed E-state index contributed by atoms with van der Waals surface area (Å²) in [5.41, 5.74) is 1.40. The van der Waals surface area contributed by atoms with Gasteiger partial charge in [-0.25, -0.2) is 13.8 Å². The molecule has 29 heavy (non-hydrogen) atoms. The van der Waals surface area contributed by atoms with Crippen molar-refractivity contribution in [1.29, 1.82) is 0 Å². The van der Waals surface area contributed by atoms with Crippen molar-refractivity contribution in [2.45, 2.75) is 0 Å². The number of aromatic nitrogens is 2. The molecule has 144 valence electrons. The highest BCUT2D eigenvalue weighted by atomic mass is 19.1. The Kier molecular flexibility index (Phi) is 4.74. The second kappa shape index (κ2) is 7.51. The molecule has 3 N–H and O–H groups in total. The van der Waals surface area contributed by atoms with Crippen LogP contribution in [0.5, 0.6) is 0 Å². The molecule has 0 aliphatic heterocycles. The lowest BCUT2D eigenvalue weighted by atomic mass is 10.1. The number of fused-ring (bicyclic) bond motifs is 1. The number of amides is 1. The van der Waals surface area contributed by atoms with Gasteiger partial charge in [-0.05, 0) is 48.5 Å². The average molecular weight is 392 g/mol. The third-order valence-corrected chi connectivity index (χ3v) is 4.24. The summed E-state index contributed by atoms with van der Waals surface area (Å²) >= 11 is 0. The number of carbonyl (C=O) groups is 1. The van der Waals surface area contributed by atoms with Gasteiger partial charge in [0.1, 0.15) is 22.8 Å². The van der Waals surface area contributed by atoms with E-state index in [0.29, 0.717) is 17.0 Å². The Morgan fingerprint density at radius 2 is 1.59 bits per heavy atom. The topological polar surface area (TPSA) is 86.9 Å². The number of halogens is 2. The van der Waals surface area contributed by atoms with E-state index in [9.17, 15) is 18.4 Å². The van der Waals surface area contributed by atoms with E-state index in [-0.39, 0.29) is 5.56 Å². The third kappa shape index (κ3) is 3.81. The summed E-state index contributed by atoms with van der Waals surface area (Å²) < 4.78 is 27.4. The normalized spacial score (nSPS) is 10.7. The van der Waals surface area contributed by atoms with Crippen LogP contribution in [0.2, 0.25) is 0 Å². The molecule has 1 amide bonds. The van der Waals surface area contributed by atoms with Crippen LogP contribution in [0.3, 0.4) is 0 Å². The number of anilines is 3. The van der Waals surface area contributed by atoms with E-state index in [1.807, 2.05) is 0 Å². The Morgan fingerprint density at radius 1 is 0.897 bits per heavy atom. The summed E-state index contributed by atoms with van der Waals surface area (Å²) in [7, 11) is 0. The van der Waals surface area contributed by atoms with Crippen molar-refractivity contribution in [1.82, 2.24) is 9.97 Å². The smallest absolute Gasteiger partial charge is 0.261 e. The second-order valence-corrected chi connectivity index (χ2v) is 6.20. The van der Waals surface area contributed by atoms with Crippen LogP contribution in [0.15, 0.2) is 71.7 Å². The molecule has 0 aliphatic rings. The molecule has 4 aromatic rings. The number of benzene rings is 2. The maximum Gasteiger partial charge on any atom is 0.261 e. The lowest BCUT2D eigenvalue weighted by Gasteiger charge is -2.11. The van der Waals surface area contributed by atoms with Gasteiger partial charge in [0.05, 0.1) is 5.69 Å². The van der Waals surface area contributed by atoms with Gasteiger partial charge in [-0.1, -0.05) is 6.07 Å². The summed E-state index contributed by atoms with van der Waals surface area (Å²) in [5, 5.41) is 6.41. The molecule has 0 spiro atoms. The zero-order chi connectivity index (χ0) is 20.4. The van der Waals surface area contributed by atoms with Crippen molar-refractivity contribution in [3.8, 4) is 0 Å². The van der Waals surface area contributed by atoms with Crippen LogP contribution in [0, 0.1) is 11.6 Å². The minimum atomic E-state index is -0.927. The van der Waals surface area contributed by atoms with E-state index in [4.69, 9.17) is 0 Å². The second-order valence-electron chi connectivity index (χ2n) is 6.20. The standard InChI is InChI=1S/C21H14F2N4O2/c22-15-2-1-3-16(23)19(15)21(29)26-13-6-4-12(5-7-13)25-17-10-11-24-20-14(17)8-9-18(28)27-20/h1-11H,(H,26,29)(H2,24,25,27,28). The van der Waals surface area contributed by atoms with Gasteiger partial charge in [-0.2, -0.15) is 0 Å². The number of rotatable bonds is 4.